The Morgan fingerprint density at radius 2 is 1.47 bits per heavy atom. The zero-order valence-electron chi connectivity index (χ0n) is 20.6. The Balaban J connectivity index is 0.000000249. The van der Waals surface area contributed by atoms with Gasteiger partial charge in [-0.05, 0) is 18.3 Å². The van der Waals surface area contributed by atoms with E-state index in [0.717, 1.165) is 0 Å². The van der Waals surface area contributed by atoms with Crippen LogP contribution in [0.25, 0.3) is 10.8 Å². The second-order valence-electron chi connectivity index (χ2n) is 10.2. The van der Waals surface area contributed by atoms with Crippen molar-refractivity contribution in [3.05, 3.63) is 68.8 Å². The minimum absolute atomic E-state index is 0. The summed E-state index contributed by atoms with van der Waals surface area (Å²) < 4.78 is 0. The number of aryl methyl sites for hydroxylation is 1. The molecule has 1 heteroatoms. The van der Waals surface area contributed by atoms with E-state index < -0.39 is 0 Å². The van der Waals surface area contributed by atoms with Gasteiger partial charge in [0.05, 0.1) is 0 Å². The summed E-state index contributed by atoms with van der Waals surface area (Å²) in [5, 5.41) is 2.98. The standard InChI is InChI=1S/C19H25.C10H15.Hf/c1-4-5-6-7-14-8-9-15-10-16-12-19(2,3)13-17(16)11-18(14)15;1-6-7(2)9(4)10(5)8(6)3;/h8-11H,4-7,12-13H2,1-3H3;1-5H3;/q2*-1;. The van der Waals surface area contributed by atoms with Crippen molar-refractivity contribution in [3.8, 4) is 0 Å². The average Bonchev–Trinajstić information content (AvgIpc) is 3.25. The van der Waals surface area contributed by atoms with E-state index in [1.54, 1.807) is 16.7 Å². The first-order chi connectivity index (χ1) is 13.6. The molecule has 0 bridgehead atoms. The Kier molecular flexibility index (Phi) is 8.53. The van der Waals surface area contributed by atoms with Crippen LogP contribution in [0.3, 0.4) is 0 Å². The second-order valence-corrected chi connectivity index (χ2v) is 10.2. The molecule has 0 aliphatic heterocycles. The molecule has 3 aromatic carbocycles. The third-order valence-corrected chi connectivity index (χ3v) is 7.38. The molecule has 4 rings (SSSR count). The Labute approximate surface area is 204 Å². The van der Waals surface area contributed by atoms with Gasteiger partial charge in [0.25, 0.3) is 0 Å². The molecular weight excluding hydrogens is 527 g/mol. The van der Waals surface area contributed by atoms with Crippen molar-refractivity contribution in [2.24, 2.45) is 5.41 Å². The van der Waals surface area contributed by atoms with Gasteiger partial charge in [-0.1, -0.05) is 92.2 Å². The van der Waals surface area contributed by atoms with E-state index in [2.05, 4.69) is 79.7 Å². The molecule has 0 nitrogen and oxygen atoms in total. The van der Waals surface area contributed by atoms with Crippen LogP contribution in [0, 0.1) is 40.0 Å². The molecule has 1 aliphatic carbocycles. The fraction of sp³-hybridized carbons (Fsp3) is 0.517. The number of benzene rings is 1. The summed E-state index contributed by atoms with van der Waals surface area (Å²) in [6.45, 7) is 18.0. The number of hydrogen-bond acceptors (Lipinski definition) is 0. The van der Waals surface area contributed by atoms with Gasteiger partial charge in [0, 0.05) is 25.8 Å². The first-order valence-corrected chi connectivity index (χ1v) is 11.5. The summed E-state index contributed by atoms with van der Waals surface area (Å²) in [4.78, 5) is 0. The molecule has 0 heterocycles. The smallest absolute Gasteiger partial charge is 0 e. The van der Waals surface area contributed by atoms with E-state index in [1.165, 1.54) is 77.1 Å². The maximum atomic E-state index is 2.49. The molecule has 0 aromatic heterocycles. The maximum Gasteiger partial charge on any atom is 0 e. The molecule has 0 spiro atoms. The molecule has 162 valence electrons. The van der Waals surface area contributed by atoms with Gasteiger partial charge >= 0.3 is 0 Å². The monoisotopic (exact) mass is 568 g/mol. The summed E-state index contributed by atoms with van der Waals surface area (Å²) in [6.07, 6.45) is 7.73. The number of rotatable bonds is 4. The molecule has 3 aromatic rings. The minimum atomic E-state index is 0. The van der Waals surface area contributed by atoms with Gasteiger partial charge in [-0.25, -0.2) is 0 Å². The Bertz CT molecular complexity index is 913. The van der Waals surface area contributed by atoms with Crippen LogP contribution in [-0.2, 0) is 45.1 Å². The molecule has 0 radical (unpaired) electrons. The number of fused-ring (bicyclic) bond motifs is 2. The summed E-state index contributed by atoms with van der Waals surface area (Å²) in [6, 6.07) is 9.60. The van der Waals surface area contributed by atoms with Crippen molar-refractivity contribution in [1.29, 1.82) is 0 Å². The first kappa shape index (κ1) is 25.3. The van der Waals surface area contributed by atoms with Crippen LogP contribution in [0.1, 0.15) is 84.5 Å². The Morgan fingerprint density at radius 1 is 0.900 bits per heavy atom. The summed E-state index contributed by atoms with van der Waals surface area (Å²) in [5.74, 6) is 0. The normalized spacial score (nSPS) is 14.3. The SMILES string of the molecule is CCCCC[c-]1ccc2cc3c(cc21)CC(C)(C)C3.Cc1c(C)c(C)[c-](C)c1C.[Hf]. The molecule has 0 N–H and O–H groups in total. The van der Waals surface area contributed by atoms with Crippen LogP contribution in [0.2, 0.25) is 0 Å². The molecule has 0 saturated heterocycles. The predicted octanol–water partition coefficient (Wildman–Crippen LogP) is 8.36. The van der Waals surface area contributed by atoms with Gasteiger partial charge in [0.1, 0.15) is 0 Å². The largest absolute Gasteiger partial charge is 0.196 e. The van der Waals surface area contributed by atoms with Gasteiger partial charge < -0.3 is 0 Å². The Hall–Kier alpha value is -0.950. The Morgan fingerprint density at radius 3 is 1.97 bits per heavy atom. The zero-order valence-corrected chi connectivity index (χ0v) is 24.1. The van der Waals surface area contributed by atoms with Crippen molar-refractivity contribution >= 4 is 10.8 Å². The molecule has 0 saturated carbocycles. The fourth-order valence-corrected chi connectivity index (χ4v) is 5.02. The summed E-state index contributed by atoms with van der Waals surface area (Å²) in [5.41, 5.74) is 12.5. The van der Waals surface area contributed by atoms with E-state index in [9.17, 15) is 0 Å². The molecule has 0 fully saturated rings. The van der Waals surface area contributed by atoms with Crippen LogP contribution in [-0.4, -0.2) is 0 Å². The van der Waals surface area contributed by atoms with E-state index in [0.29, 0.717) is 5.41 Å². The van der Waals surface area contributed by atoms with Crippen LogP contribution in [0.5, 0.6) is 0 Å². The fourth-order valence-electron chi connectivity index (χ4n) is 5.02. The van der Waals surface area contributed by atoms with E-state index >= 15 is 0 Å². The molecular formula is C29H40Hf-2. The van der Waals surface area contributed by atoms with Gasteiger partial charge in [-0.3, -0.25) is 0 Å². The molecule has 1 aliphatic rings. The van der Waals surface area contributed by atoms with Crippen LogP contribution < -0.4 is 0 Å². The predicted molar refractivity (Wildman–Crippen MR) is 130 cm³/mol. The van der Waals surface area contributed by atoms with Crippen molar-refractivity contribution in [3.63, 3.8) is 0 Å². The minimum Gasteiger partial charge on any atom is -0.196 e. The summed E-state index contributed by atoms with van der Waals surface area (Å²) in [7, 11) is 0. The van der Waals surface area contributed by atoms with Crippen LogP contribution >= 0.6 is 0 Å². The number of unbranched alkanes of at least 4 members (excludes halogenated alkanes) is 2. The first-order valence-electron chi connectivity index (χ1n) is 11.5. The summed E-state index contributed by atoms with van der Waals surface area (Å²) >= 11 is 0. The molecule has 0 amide bonds. The van der Waals surface area contributed by atoms with E-state index in [1.807, 2.05) is 0 Å². The quantitative estimate of drug-likeness (QED) is 0.169. The van der Waals surface area contributed by atoms with Crippen molar-refractivity contribution in [2.45, 2.75) is 93.9 Å². The van der Waals surface area contributed by atoms with Gasteiger partial charge in [-0.15, -0.1) is 34.5 Å². The third-order valence-electron chi connectivity index (χ3n) is 7.38. The molecule has 0 atom stereocenters. The maximum absolute atomic E-state index is 2.49. The molecule has 30 heavy (non-hydrogen) atoms. The third kappa shape index (κ3) is 5.26. The molecule has 0 unspecified atom stereocenters. The number of hydrogen-bond donors (Lipinski definition) is 0. The van der Waals surface area contributed by atoms with Gasteiger partial charge in [0.2, 0.25) is 0 Å². The zero-order chi connectivity index (χ0) is 21.3. The van der Waals surface area contributed by atoms with Crippen LogP contribution in [0.15, 0.2) is 24.3 Å². The van der Waals surface area contributed by atoms with Crippen LogP contribution in [0.4, 0.5) is 0 Å². The van der Waals surface area contributed by atoms with Gasteiger partial charge in [-0.2, -0.15) is 33.9 Å². The van der Waals surface area contributed by atoms with Gasteiger partial charge in [0.15, 0.2) is 0 Å². The van der Waals surface area contributed by atoms with E-state index in [4.69, 9.17) is 0 Å². The topological polar surface area (TPSA) is 0 Å². The second kappa shape index (κ2) is 10.1. The van der Waals surface area contributed by atoms with Crippen molar-refractivity contribution in [1.82, 2.24) is 0 Å². The van der Waals surface area contributed by atoms with Crippen molar-refractivity contribution < 1.29 is 25.8 Å². The van der Waals surface area contributed by atoms with E-state index in [-0.39, 0.29) is 25.8 Å². The average molecular weight is 567 g/mol. The van der Waals surface area contributed by atoms with Crippen molar-refractivity contribution in [2.75, 3.05) is 0 Å².